The lowest BCUT2D eigenvalue weighted by atomic mass is 10.0. The number of carbonyl (C=O) groups is 1. The first-order valence-corrected chi connectivity index (χ1v) is 5.89. The molecule has 0 aliphatic carbocycles. The number of rotatable bonds is 5. The molecule has 0 radical (unpaired) electrons. The summed E-state index contributed by atoms with van der Waals surface area (Å²) in [6.45, 7) is 9.74. The van der Waals surface area contributed by atoms with E-state index in [-0.39, 0.29) is 5.78 Å². The Morgan fingerprint density at radius 3 is 2.44 bits per heavy atom. The second-order valence-electron chi connectivity index (χ2n) is 4.39. The Bertz CT molecular complexity index is 358. The summed E-state index contributed by atoms with van der Waals surface area (Å²) in [4.78, 5) is 14.3. The summed E-state index contributed by atoms with van der Waals surface area (Å²) < 4.78 is 0. The molecule has 0 aromatic heterocycles. The minimum Gasteiger partial charge on any atom is -0.294 e. The van der Waals surface area contributed by atoms with Crippen LogP contribution in [0.5, 0.6) is 0 Å². The number of hydrogen-bond donors (Lipinski definition) is 0. The highest BCUT2D eigenvalue weighted by atomic mass is 16.1. The summed E-state index contributed by atoms with van der Waals surface area (Å²) in [5.41, 5.74) is 1.91. The predicted molar refractivity (Wildman–Crippen MR) is 67.9 cm³/mol. The van der Waals surface area contributed by atoms with Crippen LogP contribution in [0.4, 0.5) is 0 Å². The third-order valence-electron chi connectivity index (χ3n) is 2.93. The van der Waals surface area contributed by atoms with E-state index in [4.69, 9.17) is 0 Å². The lowest BCUT2D eigenvalue weighted by Gasteiger charge is -2.24. The van der Waals surface area contributed by atoms with E-state index in [0.717, 1.165) is 17.7 Å². The van der Waals surface area contributed by atoms with E-state index in [1.807, 2.05) is 31.2 Å². The molecule has 0 heterocycles. The fourth-order valence-electron chi connectivity index (χ4n) is 1.81. The van der Waals surface area contributed by atoms with E-state index in [9.17, 15) is 4.79 Å². The summed E-state index contributed by atoms with van der Waals surface area (Å²) in [7, 11) is 0. The number of aryl methyl sites for hydroxylation is 1. The lowest BCUT2D eigenvalue weighted by Crippen LogP contribution is -2.35. The summed E-state index contributed by atoms with van der Waals surface area (Å²) in [5, 5.41) is 0. The zero-order valence-electron chi connectivity index (χ0n) is 10.7. The van der Waals surface area contributed by atoms with Crippen LogP contribution in [0.1, 0.15) is 36.7 Å². The first kappa shape index (κ1) is 12.9. The Hall–Kier alpha value is -1.15. The van der Waals surface area contributed by atoms with E-state index in [0.29, 0.717) is 12.6 Å². The number of likely N-dealkylation sites (N-methyl/N-ethyl adjacent to an activating group) is 1. The normalized spacial score (nSPS) is 11.1. The van der Waals surface area contributed by atoms with Crippen LogP contribution in [0.3, 0.4) is 0 Å². The molecule has 1 aromatic rings. The largest absolute Gasteiger partial charge is 0.294 e. The summed E-state index contributed by atoms with van der Waals surface area (Å²) in [5.74, 6) is 0.216. The van der Waals surface area contributed by atoms with Gasteiger partial charge in [0.05, 0.1) is 6.54 Å². The van der Waals surface area contributed by atoms with E-state index >= 15 is 0 Å². The molecular formula is C14H21NO. The standard InChI is InChI=1S/C14H21NO/c1-5-15(11(2)3)10-14(16)13-9-7-6-8-12(13)4/h6-9,11H,5,10H2,1-4H3. The van der Waals surface area contributed by atoms with Crippen LogP contribution in [0.25, 0.3) is 0 Å². The van der Waals surface area contributed by atoms with Crippen LogP contribution in [-0.4, -0.2) is 29.8 Å². The quantitative estimate of drug-likeness (QED) is 0.710. The van der Waals surface area contributed by atoms with Gasteiger partial charge in [-0.2, -0.15) is 0 Å². The molecule has 0 spiro atoms. The van der Waals surface area contributed by atoms with Gasteiger partial charge in [0.2, 0.25) is 0 Å². The van der Waals surface area contributed by atoms with E-state index < -0.39 is 0 Å². The molecule has 16 heavy (non-hydrogen) atoms. The van der Waals surface area contributed by atoms with E-state index in [2.05, 4.69) is 25.7 Å². The van der Waals surface area contributed by atoms with Gasteiger partial charge >= 0.3 is 0 Å². The van der Waals surface area contributed by atoms with Crippen molar-refractivity contribution in [3.05, 3.63) is 35.4 Å². The van der Waals surface area contributed by atoms with Crippen molar-refractivity contribution in [3.63, 3.8) is 0 Å². The van der Waals surface area contributed by atoms with Crippen LogP contribution < -0.4 is 0 Å². The monoisotopic (exact) mass is 219 g/mol. The molecule has 2 nitrogen and oxygen atoms in total. The first-order valence-electron chi connectivity index (χ1n) is 5.89. The van der Waals surface area contributed by atoms with Crippen LogP contribution in [0.2, 0.25) is 0 Å². The second-order valence-corrected chi connectivity index (χ2v) is 4.39. The van der Waals surface area contributed by atoms with Gasteiger partial charge in [0.1, 0.15) is 0 Å². The molecule has 1 aromatic carbocycles. The van der Waals surface area contributed by atoms with E-state index in [1.165, 1.54) is 0 Å². The highest BCUT2D eigenvalue weighted by Gasteiger charge is 2.14. The number of nitrogens with zero attached hydrogens (tertiary/aromatic N) is 1. The highest BCUT2D eigenvalue weighted by Crippen LogP contribution is 2.09. The summed E-state index contributed by atoms with van der Waals surface area (Å²) >= 11 is 0. The predicted octanol–water partition coefficient (Wildman–Crippen LogP) is 2.91. The van der Waals surface area contributed by atoms with Crippen molar-refractivity contribution < 1.29 is 4.79 Å². The Kier molecular flexibility index (Phi) is 4.69. The third kappa shape index (κ3) is 3.17. The van der Waals surface area contributed by atoms with Crippen molar-refractivity contribution in [2.24, 2.45) is 0 Å². The molecule has 2 heteroatoms. The van der Waals surface area contributed by atoms with Crippen molar-refractivity contribution in [2.75, 3.05) is 13.1 Å². The van der Waals surface area contributed by atoms with Crippen LogP contribution in [-0.2, 0) is 0 Å². The number of Topliss-reactive ketones (excluding diaryl/α,β-unsaturated/α-hetero) is 1. The minimum absolute atomic E-state index is 0.216. The molecule has 0 unspecified atom stereocenters. The minimum atomic E-state index is 0.216. The fraction of sp³-hybridized carbons (Fsp3) is 0.500. The number of carbonyl (C=O) groups excluding carboxylic acids is 1. The van der Waals surface area contributed by atoms with Gasteiger partial charge in [0.25, 0.3) is 0 Å². The lowest BCUT2D eigenvalue weighted by molar-refractivity contribution is 0.0911. The highest BCUT2D eigenvalue weighted by molar-refractivity contribution is 5.98. The van der Waals surface area contributed by atoms with Crippen LogP contribution in [0.15, 0.2) is 24.3 Å². The van der Waals surface area contributed by atoms with Crippen molar-refractivity contribution in [1.82, 2.24) is 4.90 Å². The SMILES string of the molecule is CCN(CC(=O)c1ccccc1C)C(C)C. The average Bonchev–Trinajstić information content (AvgIpc) is 2.25. The van der Waals surface area contributed by atoms with Gasteiger partial charge in [-0.05, 0) is 32.9 Å². The summed E-state index contributed by atoms with van der Waals surface area (Å²) in [6.07, 6.45) is 0. The van der Waals surface area contributed by atoms with Gasteiger partial charge in [0, 0.05) is 11.6 Å². The van der Waals surface area contributed by atoms with Gasteiger partial charge in [0.15, 0.2) is 5.78 Å². The van der Waals surface area contributed by atoms with Crippen LogP contribution >= 0.6 is 0 Å². The zero-order valence-corrected chi connectivity index (χ0v) is 10.7. The third-order valence-corrected chi connectivity index (χ3v) is 2.93. The molecule has 0 aliphatic heterocycles. The molecule has 0 amide bonds. The Morgan fingerprint density at radius 1 is 1.31 bits per heavy atom. The van der Waals surface area contributed by atoms with Gasteiger partial charge in [-0.3, -0.25) is 9.69 Å². The van der Waals surface area contributed by atoms with Crippen molar-refractivity contribution in [2.45, 2.75) is 33.7 Å². The first-order chi connectivity index (χ1) is 7.56. The molecule has 0 aliphatic rings. The maximum atomic E-state index is 12.1. The molecule has 0 fully saturated rings. The molecule has 88 valence electrons. The van der Waals surface area contributed by atoms with Crippen molar-refractivity contribution >= 4 is 5.78 Å². The Morgan fingerprint density at radius 2 is 1.94 bits per heavy atom. The van der Waals surface area contributed by atoms with Crippen molar-refractivity contribution in [3.8, 4) is 0 Å². The number of benzene rings is 1. The van der Waals surface area contributed by atoms with Crippen LogP contribution in [0, 0.1) is 6.92 Å². The molecule has 0 saturated carbocycles. The summed E-state index contributed by atoms with van der Waals surface area (Å²) in [6, 6.07) is 8.20. The molecule has 0 bridgehead atoms. The molecule has 0 N–H and O–H groups in total. The fourth-order valence-corrected chi connectivity index (χ4v) is 1.81. The maximum absolute atomic E-state index is 12.1. The van der Waals surface area contributed by atoms with Gasteiger partial charge in [-0.1, -0.05) is 31.2 Å². The molecule has 0 saturated heterocycles. The second kappa shape index (κ2) is 5.80. The smallest absolute Gasteiger partial charge is 0.177 e. The van der Waals surface area contributed by atoms with Gasteiger partial charge < -0.3 is 0 Å². The molecule has 1 rings (SSSR count). The average molecular weight is 219 g/mol. The maximum Gasteiger partial charge on any atom is 0.177 e. The Balaban J connectivity index is 2.76. The van der Waals surface area contributed by atoms with E-state index in [1.54, 1.807) is 0 Å². The Labute approximate surface area is 98.3 Å². The number of hydrogen-bond acceptors (Lipinski definition) is 2. The molecule has 0 atom stereocenters. The zero-order chi connectivity index (χ0) is 12.1. The van der Waals surface area contributed by atoms with Crippen molar-refractivity contribution in [1.29, 1.82) is 0 Å². The topological polar surface area (TPSA) is 20.3 Å². The number of ketones is 1. The van der Waals surface area contributed by atoms with Gasteiger partial charge in [-0.25, -0.2) is 0 Å². The van der Waals surface area contributed by atoms with Gasteiger partial charge in [-0.15, -0.1) is 0 Å². The molecular weight excluding hydrogens is 198 g/mol.